The van der Waals surface area contributed by atoms with Crippen LogP contribution in [0.2, 0.25) is 0 Å². The molecule has 0 fully saturated rings. The molecule has 0 saturated heterocycles. The van der Waals surface area contributed by atoms with E-state index >= 15 is 0 Å². The molecule has 2 nitrogen and oxygen atoms in total. The Morgan fingerprint density at radius 2 is 1.11 bits per heavy atom. The summed E-state index contributed by atoms with van der Waals surface area (Å²) in [6.45, 7) is 2.06. The first-order chi connectivity index (χ1) is 8.65. The topological polar surface area (TPSA) is 18.5 Å². The fraction of sp³-hybridized carbons (Fsp3) is 0.200. The molecule has 2 aromatic carbocycles. The van der Waals surface area contributed by atoms with Gasteiger partial charge in [-0.05, 0) is 43.3 Å². The third kappa shape index (κ3) is 5.23. The van der Waals surface area contributed by atoms with E-state index in [4.69, 9.17) is 9.47 Å². The van der Waals surface area contributed by atoms with Crippen molar-refractivity contribution in [3.63, 3.8) is 0 Å². The molecule has 0 aliphatic carbocycles. The van der Waals surface area contributed by atoms with Crippen molar-refractivity contribution in [3.05, 3.63) is 58.6 Å². The first kappa shape index (κ1) is 14.6. The zero-order valence-electron chi connectivity index (χ0n) is 10.8. The molecule has 0 bridgehead atoms. The van der Waals surface area contributed by atoms with Crippen molar-refractivity contribution in [1.82, 2.24) is 0 Å². The lowest BCUT2D eigenvalue weighted by atomic mass is 10.2. The van der Waals surface area contributed by atoms with Crippen molar-refractivity contribution >= 4 is 15.9 Å². The Kier molecular flexibility index (Phi) is 6.29. The van der Waals surface area contributed by atoms with Gasteiger partial charge < -0.3 is 9.47 Å². The Labute approximate surface area is 117 Å². The summed E-state index contributed by atoms with van der Waals surface area (Å²) >= 11 is 3.32. The van der Waals surface area contributed by atoms with E-state index in [1.165, 1.54) is 5.56 Å². The van der Waals surface area contributed by atoms with Gasteiger partial charge in [0.15, 0.2) is 0 Å². The van der Waals surface area contributed by atoms with Gasteiger partial charge in [-0.1, -0.05) is 33.6 Å². The van der Waals surface area contributed by atoms with Crippen LogP contribution in [0.4, 0.5) is 0 Å². The number of halogens is 1. The molecule has 3 heteroatoms. The minimum Gasteiger partial charge on any atom is -0.497 e. The molecule has 0 spiro atoms. The van der Waals surface area contributed by atoms with E-state index in [2.05, 4.69) is 22.9 Å². The lowest BCUT2D eigenvalue weighted by Crippen LogP contribution is -1.80. The molecule has 0 amide bonds. The lowest BCUT2D eigenvalue weighted by molar-refractivity contribution is 0.414. The molecular formula is C15H17BrO2. The van der Waals surface area contributed by atoms with Crippen LogP contribution in [0, 0.1) is 6.92 Å². The van der Waals surface area contributed by atoms with Gasteiger partial charge in [0.05, 0.1) is 14.2 Å². The van der Waals surface area contributed by atoms with Crippen molar-refractivity contribution in [1.29, 1.82) is 0 Å². The molecule has 0 aromatic heterocycles. The van der Waals surface area contributed by atoms with Crippen LogP contribution >= 0.6 is 15.9 Å². The highest BCUT2D eigenvalue weighted by Gasteiger charge is 1.87. The normalized spacial score (nSPS) is 9.11. The number of benzene rings is 2. The molecule has 0 aliphatic heterocycles. The first-order valence-electron chi connectivity index (χ1n) is 5.56. The quantitative estimate of drug-likeness (QED) is 0.815. The van der Waals surface area contributed by atoms with E-state index < -0.39 is 0 Å². The summed E-state index contributed by atoms with van der Waals surface area (Å²) in [4.78, 5) is 0. The third-order valence-electron chi connectivity index (χ3n) is 2.31. The van der Waals surface area contributed by atoms with E-state index in [0.29, 0.717) is 0 Å². The molecule has 2 rings (SSSR count). The van der Waals surface area contributed by atoms with E-state index in [1.807, 2.05) is 48.5 Å². The van der Waals surface area contributed by atoms with E-state index in [0.717, 1.165) is 16.0 Å². The highest BCUT2D eigenvalue weighted by atomic mass is 79.9. The first-order valence-corrected chi connectivity index (χ1v) is 6.35. The van der Waals surface area contributed by atoms with Gasteiger partial charge in [0.2, 0.25) is 0 Å². The van der Waals surface area contributed by atoms with Crippen molar-refractivity contribution in [2.45, 2.75) is 6.92 Å². The Balaban J connectivity index is 0.000000180. The van der Waals surface area contributed by atoms with Crippen molar-refractivity contribution in [2.24, 2.45) is 0 Å². The summed E-state index contributed by atoms with van der Waals surface area (Å²) in [5.41, 5.74) is 1.26. The second-order valence-corrected chi connectivity index (χ2v) is 4.59. The Morgan fingerprint density at radius 3 is 1.50 bits per heavy atom. The SMILES string of the molecule is COc1ccc(Br)cc1.COc1ccc(C)cc1. The second kappa shape index (κ2) is 7.77. The minimum atomic E-state index is 0.887. The summed E-state index contributed by atoms with van der Waals surface area (Å²) in [6.07, 6.45) is 0. The monoisotopic (exact) mass is 308 g/mol. The molecule has 0 unspecified atom stereocenters. The van der Waals surface area contributed by atoms with E-state index in [-0.39, 0.29) is 0 Å². The second-order valence-electron chi connectivity index (χ2n) is 3.68. The smallest absolute Gasteiger partial charge is 0.118 e. The molecule has 0 heterocycles. The average Bonchev–Trinajstić information content (AvgIpc) is 2.41. The van der Waals surface area contributed by atoms with Gasteiger partial charge in [-0.3, -0.25) is 0 Å². The average molecular weight is 309 g/mol. The van der Waals surface area contributed by atoms with Crippen LogP contribution in [0.25, 0.3) is 0 Å². The zero-order chi connectivity index (χ0) is 13.4. The maximum absolute atomic E-state index is 4.97. The van der Waals surface area contributed by atoms with Gasteiger partial charge in [0.25, 0.3) is 0 Å². The molecular weight excluding hydrogens is 292 g/mol. The summed E-state index contributed by atoms with van der Waals surface area (Å²) in [7, 11) is 3.33. The van der Waals surface area contributed by atoms with Gasteiger partial charge >= 0.3 is 0 Å². The number of hydrogen-bond acceptors (Lipinski definition) is 2. The number of aryl methyl sites for hydroxylation is 1. The number of methoxy groups -OCH3 is 2. The van der Waals surface area contributed by atoms with Crippen LogP contribution < -0.4 is 9.47 Å². The molecule has 96 valence electrons. The summed E-state index contributed by atoms with van der Waals surface area (Å²) in [6, 6.07) is 15.7. The van der Waals surface area contributed by atoms with Crippen molar-refractivity contribution < 1.29 is 9.47 Å². The summed E-state index contributed by atoms with van der Waals surface area (Å²) in [5, 5.41) is 0. The Bertz CT molecular complexity index is 403. The molecule has 18 heavy (non-hydrogen) atoms. The van der Waals surface area contributed by atoms with Gasteiger partial charge in [0, 0.05) is 4.47 Å². The highest BCUT2D eigenvalue weighted by molar-refractivity contribution is 9.10. The Hall–Kier alpha value is -1.48. The van der Waals surface area contributed by atoms with Gasteiger partial charge in [-0.2, -0.15) is 0 Å². The van der Waals surface area contributed by atoms with E-state index in [9.17, 15) is 0 Å². The lowest BCUT2D eigenvalue weighted by Gasteiger charge is -1.97. The van der Waals surface area contributed by atoms with Crippen LogP contribution in [0.15, 0.2) is 53.0 Å². The predicted octanol–water partition coefficient (Wildman–Crippen LogP) is 4.46. The fourth-order valence-electron chi connectivity index (χ4n) is 1.25. The van der Waals surface area contributed by atoms with Crippen LogP contribution in [0.3, 0.4) is 0 Å². The molecule has 0 N–H and O–H groups in total. The molecule has 0 aliphatic rings. The Morgan fingerprint density at radius 1 is 0.722 bits per heavy atom. The van der Waals surface area contributed by atoms with Crippen LogP contribution in [-0.4, -0.2) is 14.2 Å². The molecule has 0 radical (unpaired) electrons. The van der Waals surface area contributed by atoms with Crippen LogP contribution in [0.1, 0.15) is 5.56 Å². The third-order valence-corrected chi connectivity index (χ3v) is 2.83. The number of hydrogen-bond donors (Lipinski definition) is 0. The maximum Gasteiger partial charge on any atom is 0.118 e. The predicted molar refractivity (Wildman–Crippen MR) is 78.4 cm³/mol. The number of ether oxygens (including phenoxy) is 2. The fourth-order valence-corrected chi connectivity index (χ4v) is 1.51. The molecule has 2 aromatic rings. The van der Waals surface area contributed by atoms with Gasteiger partial charge in [0.1, 0.15) is 11.5 Å². The zero-order valence-corrected chi connectivity index (χ0v) is 12.4. The van der Waals surface area contributed by atoms with Crippen LogP contribution in [-0.2, 0) is 0 Å². The van der Waals surface area contributed by atoms with Crippen molar-refractivity contribution in [3.8, 4) is 11.5 Å². The minimum absolute atomic E-state index is 0.887. The largest absolute Gasteiger partial charge is 0.497 e. The number of rotatable bonds is 2. The molecule has 0 saturated carbocycles. The summed E-state index contributed by atoms with van der Waals surface area (Å²) < 4.78 is 11.0. The van der Waals surface area contributed by atoms with Crippen LogP contribution in [0.5, 0.6) is 11.5 Å². The summed E-state index contributed by atoms with van der Waals surface area (Å²) in [5.74, 6) is 1.80. The van der Waals surface area contributed by atoms with Crippen molar-refractivity contribution in [2.75, 3.05) is 14.2 Å². The molecule has 0 atom stereocenters. The van der Waals surface area contributed by atoms with Gasteiger partial charge in [-0.15, -0.1) is 0 Å². The van der Waals surface area contributed by atoms with Gasteiger partial charge in [-0.25, -0.2) is 0 Å². The highest BCUT2D eigenvalue weighted by Crippen LogP contribution is 2.14. The maximum atomic E-state index is 4.97. The standard InChI is InChI=1S/C8H10O.C7H7BrO/c1-7-3-5-8(9-2)6-4-7;1-9-7-4-2-6(8)3-5-7/h3-6H,1-2H3;2-5H,1H3. The van der Waals surface area contributed by atoms with E-state index in [1.54, 1.807) is 14.2 Å².